The zero-order valence-corrected chi connectivity index (χ0v) is 14.1. The molecule has 0 atom stereocenters. The van der Waals surface area contributed by atoms with E-state index in [9.17, 15) is 0 Å². The van der Waals surface area contributed by atoms with Gasteiger partial charge in [-0.05, 0) is 25.0 Å². The van der Waals surface area contributed by atoms with Crippen molar-refractivity contribution >= 4 is 16.8 Å². The second-order valence-electron chi connectivity index (χ2n) is 4.58. The third kappa shape index (κ3) is 4.49. The summed E-state index contributed by atoms with van der Waals surface area (Å²) in [5.41, 5.74) is 6.47. The van der Waals surface area contributed by atoms with E-state index in [1.807, 2.05) is 27.7 Å². The van der Waals surface area contributed by atoms with Gasteiger partial charge < -0.3 is 4.90 Å². The molecule has 114 valence electrons. The lowest BCUT2D eigenvalue weighted by Gasteiger charge is -2.09. The van der Waals surface area contributed by atoms with Gasteiger partial charge in [0.2, 0.25) is 0 Å². The van der Waals surface area contributed by atoms with Crippen LogP contribution < -0.4 is 4.90 Å². The number of allylic oxidation sites excluding steroid dienone is 2. The zero-order valence-electron chi connectivity index (χ0n) is 14.1. The summed E-state index contributed by atoms with van der Waals surface area (Å²) in [5.74, 6) is 0. The van der Waals surface area contributed by atoms with Crippen molar-refractivity contribution in [2.45, 2.75) is 27.7 Å². The van der Waals surface area contributed by atoms with E-state index < -0.39 is 0 Å². The van der Waals surface area contributed by atoms with Crippen LogP contribution in [-0.4, -0.2) is 13.1 Å². The van der Waals surface area contributed by atoms with Gasteiger partial charge in [0.1, 0.15) is 0 Å². The molecule has 1 heteroatoms. The Kier molecular flexibility index (Phi) is 8.87. The van der Waals surface area contributed by atoms with Crippen LogP contribution in [0.4, 0.5) is 5.69 Å². The minimum atomic E-state index is 0.978. The quantitative estimate of drug-likeness (QED) is 0.531. The van der Waals surface area contributed by atoms with Crippen LogP contribution in [0.15, 0.2) is 56.7 Å². The topological polar surface area (TPSA) is 3.24 Å². The van der Waals surface area contributed by atoms with E-state index in [0.29, 0.717) is 0 Å². The Hall–Kier alpha value is -2.02. The van der Waals surface area contributed by atoms with Gasteiger partial charge in [-0.25, -0.2) is 0 Å². The summed E-state index contributed by atoms with van der Waals surface area (Å²) in [7, 11) is 0. The number of anilines is 1. The van der Waals surface area contributed by atoms with Crippen LogP contribution in [0.5, 0.6) is 0 Å². The molecule has 1 aromatic rings. The molecule has 0 N–H and O–H groups in total. The van der Waals surface area contributed by atoms with Gasteiger partial charge >= 0.3 is 0 Å². The van der Waals surface area contributed by atoms with Crippen LogP contribution >= 0.6 is 0 Å². The monoisotopic (exact) mass is 283 g/mol. The molecule has 0 fully saturated rings. The van der Waals surface area contributed by atoms with Crippen molar-refractivity contribution in [1.82, 2.24) is 0 Å². The Labute approximate surface area is 131 Å². The Morgan fingerprint density at radius 2 is 1.24 bits per heavy atom. The van der Waals surface area contributed by atoms with Crippen molar-refractivity contribution in [2.75, 3.05) is 18.0 Å². The molecule has 2 aliphatic rings. The Morgan fingerprint density at radius 1 is 0.905 bits per heavy atom. The van der Waals surface area contributed by atoms with Gasteiger partial charge in [-0.1, -0.05) is 57.4 Å². The van der Waals surface area contributed by atoms with E-state index in [1.165, 1.54) is 28.0 Å². The van der Waals surface area contributed by atoms with Crippen molar-refractivity contribution in [3.05, 3.63) is 67.8 Å². The molecule has 0 saturated heterocycles. The number of hydrogen-bond acceptors (Lipinski definition) is 1. The Morgan fingerprint density at radius 3 is 1.57 bits per heavy atom. The normalized spacial score (nSPS) is 12.9. The van der Waals surface area contributed by atoms with E-state index in [2.05, 4.69) is 49.4 Å². The second-order valence-corrected chi connectivity index (χ2v) is 4.58. The third-order valence-corrected chi connectivity index (χ3v) is 2.88. The first-order chi connectivity index (χ1) is 10.1. The summed E-state index contributed by atoms with van der Waals surface area (Å²) >= 11 is 0. The smallest absolute Gasteiger partial charge is 0.0526 e. The lowest BCUT2D eigenvalue weighted by Crippen LogP contribution is -2.16. The molecule has 0 bridgehead atoms. The predicted molar refractivity (Wildman–Crippen MR) is 99.8 cm³/mol. The number of para-hydroxylation sites is 1. The molecule has 0 aliphatic carbocycles. The summed E-state index contributed by atoms with van der Waals surface area (Å²) in [4.78, 5) is 2.36. The van der Waals surface area contributed by atoms with Crippen LogP contribution in [0.3, 0.4) is 0 Å². The Bertz CT molecular complexity index is 466. The summed E-state index contributed by atoms with van der Waals surface area (Å²) in [6, 6.07) is 6.40. The minimum Gasteiger partial charge on any atom is -0.362 e. The van der Waals surface area contributed by atoms with E-state index in [4.69, 9.17) is 0 Å². The average Bonchev–Trinajstić information content (AvgIpc) is 2.96. The van der Waals surface area contributed by atoms with Crippen molar-refractivity contribution in [3.63, 3.8) is 0 Å². The molecule has 0 saturated carbocycles. The van der Waals surface area contributed by atoms with E-state index in [0.717, 1.165) is 13.1 Å². The predicted octanol–water partition coefficient (Wildman–Crippen LogP) is 5.96. The van der Waals surface area contributed by atoms with E-state index in [-0.39, 0.29) is 0 Å². The van der Waals surface area contributed by atoms with Gasteiger partial charge in [0.25, 0.3) is 0 Å². The number of rotatable bonds is 0. The fourth-order valence-corrected chi connectivity index (χ4v) is 2.30. The number of hydrogen-bond donors (Lipinski definition) is 0. The van der Waals surface area contributed by atoms with Crippen LogP contribution in [-0.2, 0) is 0 Å². The van der Waals surface area contributed by atoms with E-state index in [1.54, 1.807) is 12.2 Å². The molecule has 1 nitrogen and oxygen atoms in total. The van der Waals surface area contributed by atoms with Gasteiger partial charge in [0.05, 0.1) is 5.69 Å². The van der Waals surface area contributed by atoms with Gasteiger partial charge in [-0.2, -0.15) is 0 Å². The highest BCUT2D eigenvalue weighted by atomic mass is 15.2. The first kappa shape index (κ1) is 19.0. The third-order valence-electron chi connectivity index (χ3n) is 2.88. The molecule has 2 heterocycles. The maximum atomic E-state index is 4.07. The SMILES string of the molecule is C=C1CN2CC(=C)c3cccc1c32.C=CC.C=CC.CC. The molecule has 0 aromatic heterocycles. The molecular formula is C20H29N. The number of nitrogens with zero attached hydrogens (tertiary/aromatic N) is 1. The molecule has 2 aliphatic heterocycles. The maximum absolute atomic E-state index is 4.07. The lowest BCUT2D eigenvalue weighted by atomic mass is 10.0. The molecule has 0 radical (unpaired) electrons. The van der Waals surface area contributed by atoms with Gasteiger partial charge in [-0.3, -0.25) is 0 Å². The summed E-state index contributed by atoms with van der Waals surface area (Å²) in [6.45, 7) is 24.6. The zero-order chi connectivity index (χ0) is 16.4. The summed E-state index contributed by atoms with van der Waals surface area (Å²) < 4.78 is 0. The van der Waals surface area contributed by atoms with Gasteiger partial charge in [0, 0.05) is 24.2 Å². The molecule has 0 amide bonds. The minimum absolute atomic E-state index is 0.978. The highest BCUT2D eigenvalue weighted by Gasteiger charge is 2.30. The van der Waals surface area contributed by atoms with Crippen molar-refractivity contribution in [1.29, 1.82) is 0 Å². The highest BCUT2D eigenvalue weighted by Crippen LogP contribution is 2.44. The van der Waals surface area contributed by atoms with Crippen molar-refractivity contribution < 1.29 is 0 Å². The maximum Gasteiger partial charge on any atom is 0.0526 e. The van der Waals surface area contributed by atoms with Crippen LogP contribution in [0, 0.1) is 0 Å². The molecule has 1 aromatic carbocycles. The first-order valence-electron chi connectivity index (χ1n) is 7.49. The van der Waals surface area contributed by atoms with Crippen LogP contribution in [0.2, 0.25) is 0 Å². The first-order valence-corrected chi connectivity index (χ1v) is 7.49. The Balaban J connectivity index is 0.000000430. The molecule has 0 spiro atoms. The highest BCUT2D eigenvalue weighted by molar-refractivity contribution is 5.97. The fraction of sp³-hybridized carbons (Fsp3) is 0.300. The molecule has 3 rings (SSSR count). The average molecular weight is 283 g/mol. The van der Waals surface area contributed by atoms with E-state index >= 15 is 0 Å². The van der Waals surface area contributed by atoms with Crippen molar-refractivity contribution in [2.24, 2.45) is 0 Å². The van der Waals surface area contributed by atoms with Crippen LogP contribution in [0.25, 0.3) is 11.1 Å². The largest absolute Gasteiger partial charge is 0.362 e. The fourth-order valence-electron chi connectivity index (χ4n) is 2.30. The van der Waals surface area contributed by atoms with Gasteiger partial charge in [0.15, 0.2) is 0 Å². The van der Waals surface area contributed by atoms with Gasteiger partial charge in [-0.15, -0.1) is 13.2 Å². The standard InChI is InChI=1S/C12H11N.2C3H6.C2H6/c1-8-6-13-7-9(2)11-5-3-4-10(8)12(11)13;2*1-3-2;1-2/h3-5H,1-2,6-7H2;2*3H,1H2,2H3;1-2H3. The van der Waals surface area contributed by atoms with Crippen molar-refractivity contribution in [3.8, 4) is 0 Å². The lowest BCUT2D eigenvalue weighted by molar-refractivity contribution is 1.04. The molecule has 21 heavy (non-hydrogen) atoms. The molecule has 0 unspecified atom stereocenters. The summed E-state index contributed by atoms with van der Waals surface area (Å²) in [6.07, 6.45) is 3.50. The summed E-state index contributed by atoms with van der Waals surface area (Å²) in [5, 5.41) is 0. The second kappa shape index (κ2) is 9.82. The number of benzene rings is 1. The van der Waals surface area contributed by atoms with Crippen LogP contribution in [0.1, 0.15) is 38.8 Å². The molecular weight excluding hydrogens is 254 g/mol.